The SMILES string of the molecule is C#CC1CC(=O)N(c2cc(Br)cnc2OC)C1. The number of anilines is 1. The third kappa shape index (κ3) is 2.27. The first kappa shape index (κ1) is 11.9. The van der Waals surface area contributed by atoms with Gasteiger partial charge in [0.15, 0.2) is 0 Å². The molecule has 5 heteroatoms. The second-order valence-corrected chi connectivity index (χ2v) is 4.67. The molecule has 1 aliphatic rings. The minimum atomic E-state index is -0.0359. The van der Waals surface area contributed by atoms with Gasteiger partial charge in [-0.3, -0.25) is 4.79 Å². The summed E-state index contributed by atoms with van der Waals surface area (Å²) in [5.41, 5.74) is 0.657. The van der Waals surface area contributed by atoms with Crippen molar-refractivity contribution < 1.29 is 9.53 Å². The Kier molecular flexibility index (Phi) is 3.34. The van der Waals surface area contributed by atoms with Gasteiger partial charge in [0.25, 0.3) is 0 Å². The predicted octanol–water partition coefficient (Wildman–Crippen LogP) is 1.84. The number of hydrogen-bond donors (Lipinski definition) is 0. The zero-order valence-corrected chi connectivity index (χ0v) is 10.9. The van der Waals surface area contributed by atoms with Crippen LogP contribution in [0.15, 0.2) is 16.7 Å². The van der Waals surface area contributed by atoms with Crippen molar-refractivity contribution in [2.24, 2.45) is 5.92 Å². The van der Waals surface area contributed by atoms with Crippen LogP contribution < -0.4 is 9.64 Å². The van der Waals surface area contributed by atoms with Gasteiger partial charge < -0.3 is 9.64 Å². The summed E-state index contributed by atoms with van der Waals surface area (Å²) in [7, 11) is 1.53. The Balaban J connectivity index is 2.37. The van der Waals surface area contributed by atoms with Gasteiger partial charge in [0.1, 0.15) is 5.69 Å². The number of nitrogens with zero attached hydrogens (tertiary/aromatic N) is 2. The Hall–Kier alpha value is -1.54. The summed E-state index contributed by atoms with van der Waals surface area (Å²) in [4.78, 5) is 17.6. The lowest BCUT2D eigenvalue weighted by Gasteiger charge is -2.18. The van der Waals surface area contributed by atoms with Gasteiger partial charge in [-0.05, 0) is 22.0 Å². The fourth-order valence-corrected chi connectivity index (χ4v) is 2.14. The maximum absolute atomic E-state index is 11.9. The molecule has 0 aliphatic carbocycles. The van der Waals surface area contributed by atoms with Crippen molar-refractivity contribution in [2.75, 3.05) is 18.6 Å². The normalized spacial score (nSPS) is 19.2. The van der Waals surface area contributed by atoms with Gasteiger partial charge in [-0.1, -0.05) is 0 Å². The Labute approximate surface area is 108 Å². The quantitative estimate of drug-likeness (QED) is 0.782. The van der Waals surface area contributed by atoms with E-state index in [4.69, 9.17) is 11.2 Å². The van der Waals surface area contributed by atoms with Crippen LogP contribution in [0.5, 0.6) is 5.88 Å². The molecule has 1 amide bonds. The van der Waals surface area contributed by atoms with Gasteiger partial charge in [-0.2, -0.15) is 0 Å². The van der Waals surface area contributed by atoms with Crippen LogP contribution in [0.3, 0.4) is 0 Å². The molecule has 0 bridgehead atoms. The van der Waals surface area contributed by atoms with Crippen molar-refractivity contribution in [2.45, 2.75) is 6.42 Å². The van der Waals surface area contributed by atoms with Crippen LogP contribution in [0.2, 0.25) is 0 Å². The van der Waals surface area contributed by atoms with Gasteiger partial charge in [0, 0.05) is 29.6 Å². The predicted molar refractivity (Wildman–Crippen MR) is 67.8 cm³/mol. The van der Waals surface area contributed by atoms with E-state index in [0.29, 0.717) is 24.5 Å². The molecular formula is C12H11BrN2O2. The molecule has 0 N–H and O–H groups in total. The van der Waals surface area contributed by atoms with E-state index in [1.165, 1.54) is 7.11 Å². The number of ether oxygens (including phenoxy) is 1. The maximum Gasteiger partial charge on any atom is 0.237 e. The molecule has 88 valence electrons. The molecule has 1 saturated heterocycles. The summed E-state index contributed by atoms with van der Waals surface area (Å²) in [5, 5.41) is 0. The van der Waals surface area contributed by atoms with Gasteiger partial charge in [-0.15, -0.1) is 12.3 Å². The smallest absolute Gasteiger partial charge is 0.237 e. The molecule has 0 radical (unpaired) electrons. The summed E-state index contributed by atoms with van der Waals surface area (Å²) < 4.78 is 5.95. The Morgan fingerprint density at radius 3 is 3.06 bits per heavy atom. The summed E-state index contributed by atoms with van der Waals surface area (Å²) in [6, 6.07) is 1.81. The summed E-state index contributed by atoms with van der Waals surface area (Å²) in [5.74, 6) is 3.01. The number of aromatic nitrogens is 1. The van der Waals surface area contributed by atoms with Crippen molar-refractivity contribution in [1.29, 1.82) is 0 Å². The van der Waals surface area contributed by atoms with Gasteiger partial charge in [0.05, 0.1) is 7.11 Å². The van der Waals surface area contributed by atoms with Gasteiger partial charge in [-0.25, -0.2) is 4.98 Å². The number of pyridine rings is 1. The monoisotopic (exact) mass is 294 g/mol. The Morgan fingerprint density at radius 2 is 2.47 bits per heavy atom. The van der Waals surface area contributed by atoms with Crippen molar-refractivity contribution in [3.63, 3.8) is 0 Å². The molecule has 0 spiro atoms. The second kappa shape index (κ2) is 4.76. The standard InChI is InChI=1S/C12H11BrN2O2/c1-3-8-4-11(16)15(7-8)10-5-9(13)6-14-12(10)17-2/h1,5-6,8H,4,7H2,2H3. The van der Waals surface area contributed by atoms with Crippen molar-refractivity contribution in [3.05, 3.63) is 16.7 Å². The molecule has 1 aliphatic heterocycles. The largest absolute Gasteiger partial charge is 0.480 e. The lowest BCUT2D eigenvalue weighted by molar-refractivity contribution is -0.117. The summed E-state index contributed by atoms with van der Waals surface area (Å²) in [6.45, 7) is 0.518. The number of terminal acetylenes is 1. The number of amides is 1. The van der Waals surface area contributed by atoms with Crippen molar-refractivity contribution in [3.8, 4) is 18.2 Å². The van der Waals surface area contributed by atoms with Crippen LogP contribution in [0.1, 0.15) is 6.42 Å². The molecule has 1 aromatic heterocycles. The zero-order valence-electron chi connectivity index (χ0n) is 9.31. The number of methoxy groups -OCH3 is 1. The Bertz CT molecular complexity index is 496. The van der Waals surface area contributed by atoms with Crippen LogP contribution >= 0.6 is 15.9 Å². The fourth-order valence-electron chi connectivity index (χ4n) is 1.82. The average molecular weight is 295 g/mol. The van der Waals surface area contributed by atoms with E-state index < -0.39 is 0 Å². The van der Waals surface area contributed by atoms with Crippen LogP contribution in [0.25, 0.3) is 0 Å². The molecular weight excluding hydrogens is 284 g/mol. The molecule has 4 nitrogen and oxygen atoms in total. The molecule has 1 unspecified atom stereocenters. The molecule has 1 fully saturated rings. The van der Waals surface area contributed by atoms with Crippen LogP contribution in [0.4, 0.5) is 5.69 Å². The first-order valence-electron chi connectivity index (χ1n) is 5.11. The molecule has 0 saturated carbocycles. The van der Waals surface area contributed by atoms with Crippen molar-refractivity contribution in [1.82, 2.24) is 4.98 Å². The second-order valence-electron chi connectivity index (χ2n) is 3.75. The van der Waals surface area contributed by atoms with E-state index >= 15 is 0 Å². The van der Waals surface area contributed by atoms with Crippen molar-refractivity contribution >= 4 is 27.5 Å². The molecule has 2 heterocycles. The minimum absolute atomic E-state index is 0.00569. The number of halogens is 1. The molecule has 2 rings (SSSR count). The number of carbonyl (C=O) groups is 1. The number of carbonyl (C=O) groups excluding carboxylic acids is 1. The van der Waals surface area contributed by atoms with Crippen LogP contribution in [-0.2, 0) is 4.79 Å². The van der Waals surface area contributed by atoms with E-state index in [9.17, 15) is 4.79 Å². The van der Waals surface area contributed by atoms with Gasteiger partial charge >= 0.3 is 0 Å². The third-order valence-corrected chi connectivity index (χ3v) is 3.08. The molecule has 1 aromatic rings. The highest BCUT2D eigenvalue weighted by Crippen LogP contribution is 2.33. The van der Waals surface area contributed by atoms with E-state index in [1.54, 1.807) is 11.1 Å². The highest BCUT2D eigenvalue weighted by atomic mass is 79.9. The average Bonchev–Trinajstić information content (AvgIpc) is 2.70. The molecule has 0 aromatic carbocycles. The highest BCUT2D eigenvalue weighted by Gasteiger charge is 2.31. The number of hydrogen-bond acceptors (Lipinski definition) is 3. The number of rotatable bonds is 2. The zero-order chi connectivity index (χ0) is 12.4. The fraction of sp³-hybridized carbons (Fsp3) is 0.333. The topological polar surface area (TPSA) is 42.4 Å². The highest BCUT2D eigenvalue weighted by molar-refractivity contribution is 9.10. The minimum Gasteiger partial charge on any atom is -0.480 e. The van der Waals surface area contributed by atoms with Crippen LogP contribution in [-0.4, -0.2) is 24.5 Å². The van der Waals surface area contributed by atoms with Crippen LogP contribution in [0, 0.1) is 18.3 Å². The van der Waals surface area contributed by atoms with E-state index in [-0.39, 0.29) is 11.8 Å². The summed E-state index contributed by atoms with van der Waals surface area (Å²) in [6.07, 6.45) is 7.36. The van der Waals surface area contributed by atoms with E-state index in [2.05, 4.69) is 26.8 Å². The van der Waals surface area contributed by atoms with Gasteiger partial charge in [0.2, 0.25) is 11.8 Å². The summed E-state index contributed by atoms with van der Waals surface area (Å²) >= 11 is 3.33. The lowest BCUT2D eigenvalue weighted by atomic mass is 10.1. The molecule has 17 heavy (non-hydrogen) atoms. The maximum atomic E-state index is 11.9. The molecule has 1 atom stereocenters. The lowest BCUT2D eigenvalue weighted by Crippen LogP contribution is -2.25. The first-order valence-corrected chi connectivity index (χ1v) is 5.91. The van der Waals surface area contributed by atoms with E-state index in [1.807, 2.05) is 6.07 Å². The Morgan fingerprint density at radius 1 is 1.71 bits per heavy atom. The van der Waals surface area contributed by atoms with E-state index in [0.717, 1.165) is 4.47 Å². The first-order chi connectivity index (χ1) is 8.15. The third-order valence-electron chi connectivity index (χ3n) is 2.64.